The fourth-order valence-electron chi connectivity index (χ4n) is 4.47. The van der Waals surface area contributed by atoms with Gasteiger partial charge in [0.1, 0.15) is 6.10 Å². The Morgan fingerprint density at radius 3 is 2.42 bits per heavy atom. The van der Waals surface area contributed by atoms with Gasteiger partial charge in [0.15, 0.2) is 0 Å². The van der Waals surface area contributed by atoms with Crippen LogP contribution in [-0.4, -0.2) is 24.5 Å². The van der Waals surface area contributed by atoms with Gasteiger partial charge in [-0.25, -0.2) is 9.78 Å². The van der Waals surface area contributed by atoms with Crippen LogP contribution >= 0.6 is 0 Å². The van der Waals surface area contributed by atoms with E-state index < -0.39 is 5.79 Å². The Balaban J connectivity index is 1.16. The summed E-state index contributed by atoms with van der Waals surface area (Å²) in [4.78, 5) is 11.7. The van der Waals surface area contributed by atoms with Gasteiger partial charge < -0.3 is 10.1 Å². The molecule has 4 heteroatoms. The van der Waals surface area contributed by atoms with E-state index in [0.29, 0.717) is 12.6 Å². The van der Waals surface area contributed by atoms with Crippen LogP contribution in [0, 0.1) is 6.92 Å². The minimum absolute atomic E-state index is 0.296. The molecule has 4 nitrogen and oxygen atoms in total. The van der Waals surface area contributed by atoms with Crippen molar-refractivity contribution in [3.63, 3.8) is 0 Å². The van der Waals surface area contributed by atoms with E-state index in [1.54, 1.807) is 0 Å². The van der Waals surface area contributed by atoms with Gasteiger partial charge in [0.25, 0.3) is 0 Å². The third-order valence-corrected chi connectivity index (χ3v) is 6.49. The summed E-state index contributed by atoms with van der Waals surface area (Å²) in [6.45, 7) is 6.82. The molecular formula is C27H29NO3. The van der Waals surface area contributed by atoms with Gasteiger partial charge >= 0.3 is 0 Å². The van der Waals surface area contributed by atoms with Gasteiger partial charge in [-0.15, -0.1) is 0 Å². The fraction of sp³-hybridized carbons (Fsp3) is 0.333. The summed E-state index contributed by atoms with van der Waals surface area (Å²) >= 11 is 0. The summed E-state index contributed by atoms with van der Waals surface area (Å²) in [6, 6.07) is 23.6. The van der Waals surface area contributed by atoms with Crippen LogP contribution in [0.2, 0.25) is 0 Å². The first-order chi connectivity index (χ1) is 15.1. The molecule has 1 aliphatic carbocycles. The average Bonchev–Trinajstić information content (AvgIpc) is 2.82. The number of ether oxygens (including phenoxy) is 1. The lowest BCUT2D eigenvalue weighted by Gasteiger charge is -2.43. The molecule has 1 saturated carbocycles. The van der Waals surface area contributed by atoms with E-state index in [4.69, 9.17) is 14.5 Å². The number of aryl methyl sites for hydroxylation is 1. The van der Waals surface area contributed by atoms with Crippen molar-refractivity contribution in [2.45, 2.75) is 50.5 Å². The summed E-state index contributed by atoms with van der Waals surface area (Å²) in [5.41, 5.74) is 4.38. The molecule has 0 radical (unpaired) electrons. The third-order valence-electron chi connectivity index (χ3n) is 6.49. The van der Waals surface area contributed by atoms with E-state index in [0.717, 1.165) is 36.8 Å². The van der Waals surface area contributed by atoms with Crippen molar-refractivity contribution in [3.05, 3.63) is 84.4 Å². The van der Waals surface area contributed by atoms with Crippen LogP contribution in [0.15, 0.2) is 73.3 Å². The van der Waals surface area contributed by atoms with E-state index in [9.17, 15) is 0 Å². The second kappa shape index (κ2) is 8.46. The summed E-state index contributed by atoms with van der Waals surface area (Å²) in [7, 11) is 0. The van der Waals surface area contributed by atoms with Gasteiger partial charge in [-0.1, -0.05) is 60.7 Å². The van der Waals surface area contributed by atoms with E-state index in [1.807, 2.05) is 12.1 Å². The quantitative estimate of drug-likeness (QED) is 0.511. The number of fused-ring (bicyclic) bond motifs is 1. The second-order valence-electron chi connectivity index (χ2n) is 8.76. The van der Waals surface area contributed by atoms with Crippen LogP contribution in [0.3, 0.4) is 0 Å². The molecule has 3 aromatic rings. The number of nitrogens with one attached hydrogen (secondary N) is 1. The molecule has 2 aliphatic rings. The monoisotopic (exact) mass is 415 g/mol. The van der Waals surface area contributed by atoms with Crippen LogP contribution in [0.1, 0.15) is 36.8 Å². The minimum atomic E-state index is -0.633. The van der Waals surface area contributed by atoms with E-state index in [-0.39, 0.29) is 6.10 Å². The van der Waals surface area contributed by atoms with E-state index in [2.05, 4.69) is 73.4 Å². The van der Waals surface area contributed by atoms with Crippen LogP contribution in [0.25, 0.3) is 16.3 Å². The Morgan fingerprint density at radius 1 is 0.968 bits per heavy atom. The largest absolute Gasteiger partial charge is 0.382 e. The van der Waals surface area contributed by atoms with Crippen molar-refractivity contribution in [2.75, 3.05) is 11.9 Å². The van der Waals surface area contributed by atoms with Gasteiger partial charge in [0, 0.05) is 24.6 Å². The second-order valence-corrected chi connectivity index (χ2v) is 8.76. The standard InChI is InChI=1S/C27H29NO3/c1-19-7-11-24(12-8-19)28-25-13-15-27(16-14-25)29-18-26(30-31-27)20(2)22-10-9-21-5-3-4-6-23(21)17-22/h3-12,17,25-26,28H,2,13-16,18H2,1H3. The highest BCUT2D eigenvalue weighted by Gasteiger charge is 2.43. The molecule has 5 rings (SSSR count). The number of anilines is 1. The molecule has 2 fully saturated rings. The normalized spacial score (nSPS) is 26.1. The minimum Gasteiger partial charge on any atom is -0.382 e. The number of hydrogen-bond donors (Lipinski definition) is 1. The van der Waals surface area contributed by atoms with Gasteiger partial charge in [-0.05, 0) is 59.9 Å². The SMILES string of the molecule is C=C(c1ccc2ccccc2c1)C1COC2(CCC(Nc3ccc(C)cc3)CC2)OO1. The molecule has 1 atom stereocenters. The zero-order chi connectivity index (χ0) is 21.3. The Morgan fingerprint density at radius 2 is 1.71 bits per heavy atom. The van der Waals surface area contributed by atoms with Gasteiger partial charge in [-0.2, -0.15) is 0 Å². The summed E-state index contributed by atoms with van der Waals surface area (Å²) < 4.78 is 6.23. The fourth-order valence-corrected chi connectivity index (χ4v) is 4.47. The molecule has 0 amide bonds. The molecule has 3 aromatic carbocycles. The van der Waals surface area contributed by atoms with E-state index >= 15 is 0 Å². The van der Waals surface area contributed by atoms with Crippen molar-refractivity contribution in [2.24, 2.45) is 0 Å². The lowest BCUT2D eigenvalue weighted by atomic mass is 9.89. The molecule has 160 valence electrons. The molecule has 1 aliphatic heterocycles. The lowest BCUT2D eigenvalue weighted by Crippen LogP contribution is -2.49. The Kier molecular flexibility index (Phi) is 5.53. The maximum atomic E-state index is 6.23. The summed E-state index contributed by atoms with van der Waals surface area (Å²) in [6.07, 6.45) is 3.29. The van der Waals surface area contributed by atoms with Crippen LogP contribution < -0.4 is 5.32 Å². The lowest BCUT2D eigenvalue weighted by molar-refractivity contribution is -0.483. The molecule has 1 unspecified atom stereocenters. The molecule has 1 heterocycles. The number of benzene rings is 3. The van der Waals surface area contributed by atoms with Crippen LogP contribution in [0.4, 0.5) is 5.69 Å². The smallest absolute Gasteiger partial charge is 0.201 e. The molecular weight excluding hydrogens is 386 g/mol. The van der Waals surface area contributed by atoms with Crippen LogP contribution in [0.5, 0.6) is 0 Å². The molecule has 31 heavy (non-hydrogen) atoms. The summed E-state index contributed by atoms with van der Waals surface area (Å²) in [5, 5.41) is 6.03. The first kappa shape index (κ1) is 20.3. The van der Waals surface area contributed by atoms with Crippen molar-refractivity contribution in [1.29, 1.82) is 0 Å². The third kappa shape index (κ3) is 4.38. The number of hydrogen-bond acceptors (Lipinski definition) is 4. The van der Waals surface area contributed by atoms with Crippen molar-refractivity contribution in [1.82, 2.24) is 0 Å². The Labute approximate surface area is 183 Å². The van der Waals surface area contributed by atoms with E-state index in [1.165, 1.54) is 22.0 Å². The van der Waals surface area contributed by atoms with Gasteiger partial charge in [-0.3, -0.25) is 0 Å². The molecule has 1 saturated heterocycles. The Bertz CT molecular complexity index is 1060. The predicted molar refractivity (Wildman–Crippen MR) is 125 cm³/mol. The van der Waals surface area contributed by atoms with Gasteiger partial charge in [0.05, 0.1) is 6.61 Å². The zero-order valence-electron chi connectivity index (χ0n) is 18.0. The molecule has 1 spiro atoms. The van der Waals surface area contributed by atoms with Crippen molar-refractivity contribution < 1.29 is 14.5 Å². The van der Waals surface area contributed by atoms with Crippen LogP contribution in [-0.2, 0) is 14.5 Å². The summed E-state index contributed by atoms with van der Waals surface area (Å²) in [5.74, 6) is -0.633. The highest BCUT2D eigenvalue weighted by molar-refractivity contribution is 5.86. The average molecular weight is 416 g/mol. The molecule has 0 bridgehead atoms. The topological polar surface area (TPSA) is 39.7 Å². The van der Waals surface area contributed by atoms with Crippen molar-refractivity contribution >= 4 is 22.0 Å². The van der Waals surface area contributed by atoms with Gasteiger partial charge in [0.2, 0.25) is 5.79 Å². The maximum absolute atomic E-state index is 6.23. The van der Waals surface area contributed by atoms with Crippen molar-refractivity contribution in [3.8, 4) is 0 Å². The predicted octanol–water partition coefficient (Wildman–Crippen LogP) is 6.26. The first-order valence-electron chi connectivity index (χ1n) is 11.1. The highest BCUT2D eigenvalue weighted by Crippen LogP contribution is 2.39. The molecule has 0 aromatic heterocycles. The molecule has 1 N–H and O–H groups in total. The highest BCUT2D eigenvalue weighted by atomic mass is 17.2. The number of rotatable bonds is 4. The Hall–Kier alpha value is -2.66. The first-order valence-corrected chi connectivity index (χ1v) is 11.1. The maximum Gasteiger partial charge on any atom is 0.201 e. The zero-order valence-corrected chi connectivity index (χ0v) is 18.0.